The summed E-state index contributed by atoms with van der Waals surface area (Å²) in [5, 5.41) is 3.12. The number of amidine groups is 2. The minimum Gasteiger partial charge on any atom is -0.357 e. The molecule has 8 heteroatoms. The molecule has 2 aliphatic heterocycles. The van der Waals surface area contributed by atoms with Crippen molar-refractivity contribution in [2.45, 2.75) is 48.0 Å². The Morgan fingerprint density at radius 3 is 1.47 bits per heavy atom. The monoisotopic (exact) mass is 458 g/mol. The molecule has 0 atom stereocenters. The third kappa shape index (κ3) is 25.0. The maximum Gasteiger partial charge on any atom is 0.0959 e. The summed E-state index contributed by atoms with van der Waals surface area (Å²) in [7, 11) is 10.3. The molecule has 0 amide bonds. The Hall–Kier alpha value is -1.22. The van der Waals surface area contributed by atoms with E-state index in [9.17, 15) is 0 Å². The van der Waals surface area contributed by atoms with E-state index in [1.54, 1.807) is 0 Å². The third-order valence-corrected chi connectivity index (χ3v) is 4.42. The smallest absolute Gasteiger partial charge is 0.0959 e. The highest BCUT2D eigenvalue weighted by molar-refractivity contribution is 5.81. The molecule has 0 aliphatic carbocycles. The second-order valence-corrected chi connectivity index (χ2v) is 8.25. The van der Waals surface area contributed by atoms with E-state index in [-0.39, 0.29) is 0 Å². The van der Waals surface area contributed by atoms with Crippen LogP contribution < -0.4 is 11.1 Å². The topological polar surface area (TPSA) is 75.7 Å². The Morgan fingerprint density at radius 2 is 1.22 bits per heavy atom. The van der Waals surface area contributed by atoms with Crippen LogP contribution in [0.4, 0.5) is 0 Å². The SMILES string of the molecule is CC1=NCCN1CCN(C)C.CCC.CCN.CCN(C)C.CNCCN1CCN=C1C. The van der Waals surface area contributed by atoms with Gasteiger partial charge in [0.1, 0.15) is 0 Å². The molecule has 0 radical (unpaired) electrons. The van der Waals surface area contributed by atoms with Crippen molar-refractivity contribution < 1.29 is 0 Å². The predicted molar refractivity (Wildman–Crippen MR) is 147 cm³/mol. The second kappa shape index (κ2) is 26.0. The standard InChI is InChI=1S/C8H17N3.C7H15N3.C4H11N.C3H8.C2H7N/c1-8-9-4-5-11(8)7-6-10(2)3;1-7-9-4-6-10(7)5-3-8-2;1-4-5(2)3;1-3-2;1-2-3/h4-7H2,1-3H3;8H,3-6H2,1-2H3;4H2,1-3H3;3H2,1-2H3;2-3H2,1H3. The summed E-state index contributed by atoms with van der Waals surface area (Å²) in [6, 6.07) is 0. The highest BCUT2D eigenvalue weighted by atomic mass is 15.3. The van der Waals surface area contributed by atoms with Crippen LogP contribution >= 0.6 is 0 Å². The first-order valence-corrected chi connectivity index (χ1v) is 12.3. The van der Waals surface area contributed by atoms with E-state index in [4.69, 9.17) is 5.73 Å². The maximum atomic E-state index is 4.85. The van der Waals surface area contributed by atoms with Gasteiger partial charge in [0, 0.05) is 39.3 Å². The predicted octanol–water partition coefficient (Wildman–Crippen LogP) is 2.17. The molecule has 0 saturated carbocycles. The molecule has 0 bridgehead atoms. The molecule has 2 rings (SSSR count). The van der Waals surface area contributed by atoms with E-state index >= 15 is 0 Å². The number of hydrogen-bond donors (Lipinski definition) is 2. The molecular formula is C24H58N8. The van der Waals surface area contributed by atoms with Crippen molar-refractivity contribution in [2.75, 3.05) is 101 Å². The highest BCUT2D eigenvalue weighted by Crippen LogP contribution is 2.00. The fourth-order valence-electron chi connectivity index (χ4n) is 2.30. The minimum absolute atomic E-state index is 0.750. The quantitative estimate of drug-likeness (QED) is 0.609. The van der Waals surface area contributed by atoms with E-state index in [1.807, 2.05) is 14.0 Å². The van der Waals surface area contributed by atoms with Gasteiger partial charge in [-0.25, -0.2) is 0 Å². The van der Waals surface area contributed by atoms with Crippen molar-refractivity contribution in [3.63, 3.8) is 0 Å². The van der Waals surface area contributed by atoms with Gasteiger partial charge in [-0.3, -0.25) is 9.98 Å². The van der Waals surface area contributed by atoms with Gasteiger partial charge in [0.05, 0.1) is 24.8 Å². The molecule has 2 heterocycles. The number of hydrogen-bond acceptors (Lipinski definition) is 8. The summed E-state index contributed by atoms with van der Waals surface area (Å²) in [6.45, 7) is 22.9. The van der Waals surface area contributed by atoms with Crippen molar-refractivity contribution in [1.29, 1.82) is 0 Å². The summed E-state index contributed by atoms with van der Waals surface area (Å²) in [5.41, 5.74) is 4.85. The van der Waals surface area contributed by atoms with Crippen molar-refractivity contribution >= 4 is 11.7 Å². The van der Waals surface area contributed by atoms with Crippen LogP contribution in [0.2, 0.25) is 0 Å². The number of likely N-dealkylation sites (N-methyl/N-ethyl adjacent to an activating group) is 2. The van der Waals surface area contributed by atoms with Gasteiger partial charge in [-0.2, -0.15) is 0 Å². The maximum absolute atomic E-state index is 4.85. The molecule has 0 aromatic rings. The van der Waals surface area contributed by atoms with Crippen molar-refractivity contribution in [2.24, 2.45) is 15.7 Å². The van der Waals surface area contributed by atoms with Gasteiger partial charge in [0.15, 0.2) is 0 Å². The molecule has 0 spiro atoms. The number of nitrogens with two attached hydrogens (primary N) is 1. The van der Waals surface area contributed by atoms with Gasteiger partial charge in [0.2, 0.25) is 0 Å². The van der Waals surface area contributed by atoms with Gasteiger partial charge >= 0.3 is 0 Å². The molecule has 194 valence electrons. The average molecular weight is 459 g/mol. The van der Waals surface area contributed by atoms with Crippen LogP contribution in [0.15, 0.2) is 9.98 Å². The first-order valence-electron chi connectivity index (χ1n) is 12.3. The normalized spacial score (nSPS) is 14.3. The van der Waals surface area contributed by atoms with E-state index in [0.29, 0.717) is 0 Å². The van der Waals surface area contributed by atoms with Gasteiger partial charge in [-0.1, -0.05) is 34.1 Å². The van der Waals surface area contributed by atoms with E-state index in [0.717, 1.165) is 65.4 Å². The van der Waals surface area contributed by atoms with Crippen LogP contribution in [-0.2, 0) is 0 Å². The number of nitrogens with zero attached hydrogens (tertiary/aromatic N) is 6. The zero-order chi connectivity index (χ0) is 25.4. The minimum atomic E-state index is 0.750. The molecule has 0 saturated heterocycles. The van der Waals surface area contributed by atoms with Gasteiger partial charge in [-0.15, -0.1) is 0 Å². The van der Waals surface area contributed by atoms with Crippen LogP contribution in [0.5, 0.6) is 0 Å². The van der Waals surface area contributed by atoms with Gasteiger partial charge in [-0.05, 0) is 62.2 Å². The molecular weight excluding hydrogens is 400 g/mol. The second-order valence-electron chi connectivity index (χ2n) is 8.25. The van der Waals surface area contributed by atoms with E-state index in [1.165, 1.54) is 18.1 Å². The molecule has 0 unspecified atom stereocenters. The average Bonchev–Trinajstić information content (AvgIpc) is 3.34. The number of aliphatic imine (C=N–C) groups is 2. The Labute approximate surface area is 201 Å². The summed E-state index contributed by atoms with van der Waals surface area (Å²) in [6.07, 6.45) is 1.25. The molecule has 0 aromatic carbocycles. The molecule has 8 nitrogen and oxygen atoms in total. The zero-order valence-electron chi connectivity index (χ0n) is 23.5. The van der Waals surface area contributed by atoms with Gasteiger partial charge in [0.25, 0.3) is 0 Å². The Kier molecular flexibility index (Phi) is 28.8. The van der Waals surface area contributed by atoms with Crippen molar-refractivity contribution in [3.8, 4) is 0 Å². The van der Waals surface area contributed by atoms with Crippen LogP contribution in [0, 0.1) is 0 Å². The van der Waals surface area contributed by atoms with E-state index in [2.05, 4.69) is 97.7 Å². The molecule has 32 heavy (non-hydrogen) atoms. The number of nitrogens with one attached hydrogen (secondary N) is 1. The van der Waals surface area contributed by atoms with Crippen molar-refractivity contribution in [1.82, 2.24) is 24.9 Å². The number of rotatable bonds is 7. The Morgan fingerprint density at radius 1 is 0.844 bits per heavy atom. The molecule has 2 aliphatic rings. The van der Waals surface area contributed by atoms with Crippen LogP contribution in [-0.4, -0.2) is 132 Å². The summed E-state index contributed by atoms with van der Waals surface area (Å²) in [5.74, 6) is 2.39. The lowest BCUT2D eigenvalue weighted by Gasteiger charge is -2.20. The van der Waals surface area contributed by atoms with E-state index < -0.39 is 0 Å². The zero-order valence-corrected chi connectivity index (χ0v) is 23.5. The lowest BCUT2D eigenvalue weighted by atomic mass is 10.4. The first kappa shape index (κ1) is 35.4. The lowest BCUT2D eigenvalue weighted by Crippen LogP contribution is -2.33. The molecule has 0 fully saturated rings. The molecule has 0 aromatic heterocycles. The molecule has 3 N–H and O–H groups in total. The Bertz CT molecular complexity index is 434. The lowest BCUT2D eigenvalue weighted by molar-refractivity contribution is 0.342. The third-order valence-electron chi connectivity index (χ3n) is 4.42. The van der Waals surface area contributed by atoms with Crippen LogP contribution in [0.25, 0.3) is 0 Å². The highest BCUT2D eigenvalue weighted by Gasteiger charge is 2.11. The summed E-state index contributed by atoms with van der Waals surface area (Å²) >= 11 is 0. The van der Waals surface area contributed by atoms with Crippen LogP contribution in [0.3, 0.4) is 0 Å². The fourth-order valence-corrected chi connectivity index (χ4v) is 2.30. The summed E-state index contributed by atoms with van der Waals surface area (Å²) in [4.78, 5) is 17.6. The van der Waals surface area contributed by atoms with Crippen LogP contribution in [0.1, 0.15) is 48.0 Å². The van der Waals surface area contributed by atoms with Crippen molar-refractivity contribution in [3.05, 3.63) is 0 Å². The first-order chi connectivity index (χ1) is 15.1. The van der Waals surface area contributed by atoms with Gasteiger partial charge < -0.3 is 30.7 Å². The fraction of sp³-hybridized carbons (Fsp3) is 0.917. The summed E-state index contributed by atoms with van der Waals surface area (Å²) < 4.78 is 0. The largest absolute Gasteiger partial charge is 0.357 e. The Balaban J connectivity index is -0.000000367.